The Morgan fingerprint density at radius 2 is 1.46 bits per heavy atom. The van der Waals surface area contributed by atoms with E-state index in [0.29, 0.717) is 21.9 Å². The van der Waals surface area contributed by atoms with Gasteiger partial charge >= 0.3 is 0 Å². The predicted molar refractivity (Wildman–Crippen MR) is 140 cm³/mol. The number of halogens is 1. The first-order valence-electron chi connectivity index (χ1n) is 10.9. The van der Waals surface area contributed by atoms with E-state index >= 15 is 0 Å². The summed E-state index contributed by atoms with van der Waals surface area (Å²) in [6, 6.07) is 24.5. The molecule has 180 valence electrons. The van der Waals surface area contributed by atoms with Gasteiger partial charge in [-0.1, -0.05) is 71.9 Å². The molecule has 9 heteroatoms. The van der Waals surface area contributed by atoms with Crippen molar-refractivity contribution in [2.45, 2.75) is 17.4 Å². The Balaban J connectivity index is 1.76. The van der Waals surface area contributed by atoms with E-state index in [9.17, 15) is 18.0 Å². The number of sulfone groups is 1. The van der Waals surface area contributed by atoms with Crippen LogP contribution in [-0.4, -0.2) is 37.8 Å². The number of carbonyl (C=O) groups is 2. The Kier molecular flexibility index (Phi) is 7.95. The minimum Gasteiger partial charge on any atom is -0.347 e. The van der Waals surface area contributed by atoms with Gasteiger partial charge in [0.1, 0.15) is 5.70 Å². The maximum Gasteiger partial charge on any atom is 0.269 e. The Bertz CT molecular complexity index is 1340. The third-order valence-electron chi connectivity index (χ3n) is 5.37. The average Bonchev–Trinajstić information content (AvgIpc) is 3.21. The lowest BCUT2D eigenvalue weighted by molar-refractivity contribution is -0.118. The van der Waals surface area contributed by atoms with Crippen LogP contribution in [0.3, 0.4) is 0 Å². The molecule has 1 unspecified atom stereocenters. The average molecular weight is 527 g/mol. The molecule has 1 atom stereocenters. The summed E-state index contributed by atoms with van der Waals surface area (Å²) in [6.07, 6.45) is 0.332. The lowest BCUT2D eigenvalue weighted by atomic mass is 10.1. The topological polar surface area (TPSA) is 92.3 Å². The van der Waals surface area contributed by atoms with Crippen LogP contribution in [0.25, 0.3) is 4.91 Å². The molecule has 0 saturated carbocycles. The van der Waals surface area contributed by atoms with Crippen LogP contribution in [0.15, 0.2) is 95.5 Å². The van der Waals surface area contributed by atoms with E-state index in [1.165, 1.54) is 11.8 Å². The maximum atomic E-state index is 13.5. The number of nitrogens with one attached hydrogen (secondary N) is 2. The maximum absolute atomic E-state index is 13.5. The molecule has 0 aromatic heterocycles. The summed E-state index contributed by atoms with van der Waals surface area (Å²) in [4.78, 5) is 27.9. The third-order valence-corrected chi connectivity index (χ3v) is 8.54. The van der Waals surface area contributed by atoms with Crippen molar-refractivity contribution in [1.29, 1.82) is 0 Å². The van der Waals surface area contributed by atoms with Crippen molar-refractivity contribution in [1.82, 2.24) is 10.6 Å². The first-order chi connectivity index (χ1) is 16.8. The fraction of sp³-hybridized carbons (Fsp3) is 0.154. The number of thioether (sulfide) groups is 1. The molecule has 1 fully saturated rings. The normalized spacial score (nSPS) is 17.3. The van der Waals surface area contributed by atoms with Gasteiger partial charge in [0.2, 0.25) is 0 Å². The molecule has 3 aromatic carbocycles. The highest BCUT2D eigenvalue weighted by Crippen LogP contribution is 2.37. The van der Waals surface area contributed by atoms with Gasteiger partial charge in [-0.2, -0.15) is 0 Å². The fourth-order valence-corrected chi connectivity index (χ4v) is 6.43. The monoisotopic (exact) mass is 526 g/mol. The highest BCUT2D eigenvalue weighted by atomic mass is 35.5. The molecule has 0 spiro atoms. The lowest BCUT2D eigenvalue weighted by Gasteiger charge is -2.19. The van der Waals surface area contributed by atoms with E-state index in [4.69, 9.17) is 11.6 Å². The van der Waals surface area contributed by atoms with Crippen molar-refractivity contribution in [2.24, 2.45) is 0 Å². The molecule has 2 amide bonds. The second kappa shape index (κ2) is 11.1. The summed E-state index contributed by atoms with van der Waals surface area (Å²) in [5.41, 5.74) is 1.17. The zero-order valence-electron chi connectivity index (χ0n) is 18.6. The zero-order chi connectivity index (χ0) is 24.8. The standard InChI is InChI=1S/C26H23ClN2O4S2/c27-20-11-13-22(14-12-20)34-24(18-7-3-1-4-8-18)23(29-25(30)19-9-5-2-6-10-19)26(31)28-21-15-16-35(32,33)17-21/h1-14,21H,15-17H2,(H,28,31)(H,29,30)/b24-23-. The molecular weight excluding hydrogens is 504 g/mol. The van der Waals surface area contributed by atoms with E-state index in [0.717, 1.165) is 10.5 Å². The largest absolute Gasteiger partial charge is 0.347 e. The van der Waals surface area contributed by atoms with Crippen LogP contribution in [0.1, 0.15) is 22.3 Å². The van der Waals surface area contributed by atoms with Crippen molar-refractivity contribution in [3.05, 3.63) is 107 Å². The van der Waals surface area contributed by atoms with Gasteiger partial charge in [-0.15, -0.1) is 0 Å². The molecule has 0 bridgehead atoms. The third kappa shape index (κ3) is 6.75. The van der Waals surface area contributed by atoms with Crippen molar-refractivity contribution in [3.63, 3.8) is 0 Å². The molecule has 2 N–H and O–H groups in total. The Morgan fingerprint density at radius 3 is 2.03 bits per heavy atom. The van der Waals surface area contributed by atoms with Crippen LogP contribution in [0.2, 0.25) is 5.02 Å². The molecule has 3 aromatic rings. The highest BCUT2D eigenvalue weighted by Gasteiger charge is 2.31. The summed E-state index contributed by atoms with van der Waals surface area (Å²) in [5.74, 6) is -1.08. The lowest BCUT2D eigenvalue weighted by Crippen LogP contribution is -2.41. The molecule has 1 saturated heterocycles. The van der Waals surface area contributed by atoms with Gasteiger partial charge in [0.15, 0.2) is 9.84 Å². The van der Waals surface area contributed by atoms with Crippen LogP contribution in [0, 0.1) is 0 Å². The second-order valence-corrected chi connectivity index (χ2v) is 11.8. The minimum atomic E-state index is -3.19. The summed E-state index contributed by atoms with van der Waals surface area (Å²) in [5, 5.41) is 6.18. The van der Waals surface area contributed by atoms with Crippen molar-refractivity contribution in [2.75, 3.05) is 11.5 Å². The molecule has 4 rings (SSSR count). The van der Waals surface area contributed by atoms with E-state index in [1.807, 2.05) is 42.5 Å². The number of benzene rings is 3. The number of rotatable bonds is 7. The van der Waals surface area contributed by atoms with Gasteiger partial charge in [-0.05, 0) is 48.4 Å². The number of amides is 2. The number of hydrogen-bond acceptors (Lipinski definition) is 5. The first kappa shape index (κ1) is 25.0. The van der Waals surface area contributed by atoms with E-state index in [2.05, 4.69) is 10.6 Å². The quantitative estimate of drug-likeness (QED) is 0.348. The number of carbonyl (C=O) groups excluding carboxylic acids is 2. The van der Waals surface area contributed by atoms with Gasteiger partial charge in [0.25, 0.3) is 11.8 Å². The van der Waals surface area contributed by atoms with Gasteiger partial charge in [0, 0.05) is 26.4 Å². The van der Waals surface area contributed by atoms with Gasteiger partial charge < -0.3 is 10.6 Å². The van der Waals surface area contributed by atoms with Crippen molar-refractivity contribution >= 4 is 49.9 Å². The minimum absolute atomic E-state index is 0.0262. The highest BCUT2D eigenvalue weighted by molar-refractivity contribution is 8.08. The smallest absolute Gasteiger partial charge is 0.269 e. The Labute approximate surface area is 213 Å². The van der Waals surface area contributed by atoms with Gasteiger partial charge in [-0.3, -0.25) is 9.59 Å². The fourth-order valence-electron chi connectivity index (χ4n) is 3.62. The number of hydrogen-bond donors (Lipinski definition) is 2. The van der Waals surface area contributed by atoms with E-state index < -0.39 is 27.7 Å². The van der Waals surface area contributed by atoms with Gasteiger partial charge in [0.05, 0.1) is 11.5 Å². The summed E-state index contributed by atoms with van der Waals surface area (Å²) < 4.78 is 23.9. The van der Waals surface area contributed by atoms with Crippen LogP contribution >= 0.6 is 23.4 Å². The van der Waals surface area contributed by atoms with Crippen LogP contribution in [0.4, 0.5) is 0 Å². The van der Waals surface area contributed by atoms with Crippen molar-refractivity contribution in [3.8, 4) is 0 Å². The first-order valence-corrected chi connectivity index (χ1v) is 13.9. The molecular formula is C26H23ClN2O4S2. The van der Waals surface area contributed by atoms with Gasteiger partial charge in [-0.25, -0.2) is 8.42 Å². The molecule has 0 aliphatic carbocycles. The second-order valence-electron chi connectivity index (χ2n) is 8.02. The van der Waals surface area contributed by atoms with Crippen LogP contribution < -0.4 is 10.6 Å². The van der Waals surface area contributed by atoms with E-state index in [1.54, 1.807) is 42.5 Å². The van der Waals surface area contributed by atoms with Crippen LogP contribution in [-0.2, 0) is 14.6 Å². The van der Waals surface area contributed by atoms with Crippen LogP contribution in [0.5, 0.6) is 0 Å². The summed E-state index contributed by atoms with van der Waals surface area (Å²) in [6.45, 7) is 0. The Morgan fingerprint density at radius 1 is 0.857 bits per heavy atom. The molecule has 0 radical (unpaired) electrons. The predicted octanol–water partition coefficient (Wildman–Crippen LogP) is 4.53. The SMILES string of the molecule is O=C(NC1CCS(=O)(=O)C1)/C(NC(=O)c1ccccc1)=C(/Sc1ccc(Cl)cc1)c1ccccc1. The zero-order valence-corrected chi connectivity index (χ0v) is 21.0. The summed E-state index contributed by atoms with van der Waals surface area (Å²) in [7, 11) is -3.19. The molecule has 1 aliphatic heterocycles. The summed E-state index contributed by atoms with van der Waals surface area (Å²) >= 11 is 7.35. The molecule has 6 nitrogen and oxygen atoms in total. The molecule has 35 heavy (non-hydrogen) atoms. The van der Waals surface area contributed by atoms with Crippen molar-refractivity contribution < 1.29 is 18.0 Å². The van der Waals surface area contributed by atoms with E-state index in [-0.39, 0.29) is 17.2 Å². The molecule has 1 aliphatic rings. The Hall–Kier alpha value is -3.07. The molecule has 1 heterocycles.